The van der Waals surface area contributed by atoms with Gasteiger partial charge in [0.2, 0.25) is 0 Å². The van der Waals surface area contributed by atoms with E-state index in [1.165, 1.54) is 0 Å². The van der Waals surface area contributed by atoms with Crippen molar-refractivity contribution in [3.63, 3.8) is 0 Å². The number of H-pyrrole nitrogens is 1. The minimum absolute atomic E-state index is 0.0635. The fourth-order valence-electron chi connectivity index (χ4n) is 4.16. The molecule has 7 heteroatoms. The van der Waals surface area contributed by atoms with Crippen LogP contribution in [0.15, 0.2) is 79.1 Å². The number of amides is 2. The second-order valence-corrected chi connectivity index (χ2v) is 9.55. The topological polar surface area (TPSA) is 88.3 Å². The average Bonchev–Trinajstić information content (AvgIpc) is 3.35. The smallest absolute Gasteiger partial charge is 0.323 e. The number of benzene rings is 3. The molecule has 5 aromatic rings. The van der Waals surface area contributed by atoms with Crippen molar-refractivity contribution in [2.75, 3.05) is 17.7 Å². The third-order valence-corrected chi connectivity index (χ3v) is 6.09. The highest BCUT2D eigenvalue weighted by Gasteiger charge is 2.18. The molecule has 0 bridgehead atoms. The van der Waals surface area contributed by atoms with Crippen LogP contribution in [0.5, 0.6) is 17.2 Å². The summed E-state index contributed by atoms with van der Waals surface area (Å²) in [5.41, 5.74) is 3.07. The third-order valence-electron chi connectivity index (χ3n) is 6.09. The molecular weight excluding hydrogens is 452 g/mol. The van der Waals surface area contributed by atoms with Gasteiger partial charge in [-0.05, 0) is 47.4 Å². The molecule has 182 valence electrons. The number of aromatic amines is 1. The maximum atomic E-state index is 13.0. The molecule has 5 rings (SSSR count). The summed E-state index contributed by atoms with van der Waals surface area (Å²) in [6.45, 7) is 6.38. The van der Waals surface area contributed by atoms with Crippen molar-refractivity contribution >= 4 is 39.2 Å². The van der Waals surface area contributed by atoms with Crippen LogP contribution in [-0.2, 0) is 5.41 Å². The number of carbonyl (C=O) groups is 1. The van der Waals surface area contributed by atoms with Gasteiger partial charge < -0.3 is 25.1 Å². The van der Waals surface area contributed by atoms with Gasteiger partial charge in [-0.2, -0.15) is 0 Å². The highest BCUT2D eigenvalue weighted by atomic mass is 16.5. The Hall–Kier alpha value is -4.52. The molecule has 0 unspecified atom stereocenters. The third kappa shape index (κ3) is 4.55. The van der Waals surface area contributed by atoms with E-state index in [9.17, 15) is 4.79 Å². The number of carbonyl (C=O) groups excluding carboxylic acids is 1. The maximum Gasteiger partial charge on any atom is 0.323 e. The van der Waals surface area contributed by atoms with Gasteiger partial charge in [-0.25, -0.2) is 9.78 Å². The molecule has 2 aromatic heterocycles. The Morgan fingerprint density at radius 2 is 1.56 bits per heavy atom. The Bertz CT molecular complexity index is 1570. The van der Waals surface area contributed by atoms with Crippen molar-refractivity contribution in [3.05, 3.63) is 84.7 Å². The van der Waals surface area contributed by atoms with Gasteiger partial charge in [-0.1, -0.05) is 51.1 Å². The van der Waals surface area contributed by atoms with Crippen LogP contribution in [0.4, 0.5) is 16.2 Å². The molecule has 0 aliphatic rings. The summed E-state index contributed by atoms with van der Waals surface area (Å²) >= 11 is 0. The first-order valence-corrected chi connectivity index (χ1v) is 11.7. The highest BCUT2D eigenvalue weighted by Crippen LogP contribution is 2.37. The number of urea groups is 1. The zero-order valence-electron chi connectivity index (χ0n) is 20.7. The lowest BCUT2D eigenvalue weighted by molar-refractivity contribution is 0.262. The lowest BCUT2D eigenvalue weighted by Gasteiger charge is -2.21. The zero-order valence-corrected chi connectivity index (χ0v) is 20.7. The van der Waals surface area contributed by atoms with E-state index in [2.05, 4.69) is 41.4 Å². The largest absolute Gasteiger partial charge is 0.495 e. The van der Waals surface area contributed by atoms with Crippen molar-refractivity contribution in [3.8, 4) is 17.2 Å². The Balaban J connectivity index is 1.43. The van der Waals surface area contributed by atoms with Crippen molar-refractivity contribution in [1.82, 2.24) is 9.97 Å². The van der Waals surface area contributed by atoms with E-state index in [1.54, 1.807) is 13.3 Å². The zero-order chi connectivity index (χ0) is 25.3. The Morgan fingerprint density at radius 3 is 2.33 bits per heavy atom. The SMILES string of the molecule is COc1ccc(C(C)(C)C)cc1NC(=O)Nc1ccc(Oc2ccnc3[nH]ccc23)c2ccccc12. The minimum Gasteiger partial charge on any atom is -0.495 e. The molecule has 2 amide bonds. The first-order valence-electron chi connectivity index (χ1n) is 11.7. The number of ether oxygens (including phenoxy) is 2. The monoisotopic (exact) mass is 480 g/mol. The summed E-state index contributed by atoms with van der Waals surface area (Å²) in [5, 5.41) is 8.56. The van der Waals surface area contributed by atoms with E-state index in [-0.39, 0.29) is 11.4 Å². The Morgan fingerprint density at radius 1 is 0.833 bits per heavy atom. The van der Waals surface area contributed by atoms with E-state index >= 15 is 0 Å². The second kappa shape index (κ2) is 9.26. The van der Waals surface area contributed by atoms with E-state index in [1.807, 2.05) is 72.9 Å². The number of hydrogen-bond donors (Lipinski definition) is 3. The molecular formula is C29H28N4O3. The lowest BCUT2D eigenvalue weighted by atomic mass is 9.87. The molecule has 7 nitrogen and oxygen atoms in total. The van der Waals surface area contributed by atoms with E-state index < -0.39 is 0 Å². The van der Waals surface area contributed by atoms with Crippen LogP contribution in [0.2, 0.25) is 0 Å². The lowest BCUT2D eigenvalue weighted by Crippen LogP contribution is -2.21. The fraction of sp³-hybridized carbons (Fsp3) is 0.172. The van der Waals surface area contributed by atoms with Crippen molar-refractivity contribution in [1.29, 1.82) is 0 Å². The van der Waals surface area contributed by atoms with Crippen molar-refractivity contribution in [2.24, 2.45) is 0 Å². The van der Waals surface area contributed by atoms with Crippen LogP contribution in [0, 0.1) is 0 Å². The van der Waals surface area contributed by atoms with Gasteiger partial charge >= 0.3 is 6.03 Å². The molecule has 0 aliphatic carbocycles. The van der Waals surface area contributed by atoms with Gasteiger partial charge in [0.1, 0.15) is 22.9 Å². The van der Waals surface area contributed by atoms with Crippen LogP contribution >= 0.6 is 0 Å². The van der Waals surface area contributed by atoms with Crippen LogP contribution in [0.25, 0.3) is 21.8 Å². The quantitative estimate of drug-likeness (QED) is 0.244. The van der Waals surface area contributed by atoms with Gasteiger partial charge in [0.05, 0.1) is 23.9 Å². The second-order valence-electron chi connectivity index (χ2n) is 9.55. The number of nitrogens with one attached hydrogen (secondary N) is 3. The average molecular weight is 481 g/mol. The van der Waals surface area contributed by atoms with Crippen LogP contribution < -0.4 is 20.1 Å². The summed E-state index contributed by atoms with van der Waals surface area (Å²) in [6.07, 6.45) is 3.54. The van der Waals surface area contributed by atoms with Gasteiger partial charge in [-0.3, -0.25) is 0 Å². The number of anilines is 2. The number of rotatable bonds is 5. The fourth-order valence-corrected chi connectivity index (χ4v) is 4.16. The first-order chi connectivity index (χ1) is 17.3. The number of hydrogen-bond acceptors (Lipinski definition) is 4. The molecule has 3 aromatic carbocycles. The van der Waals surface area contributed by atoms with E-state index in [4.69, 9.17) is 9.47 Å². The van der Waals surface area contributed by atoms with Crippen molar-refractivity contribution in [2.45, 2.75) is 26.2 Å². The molecule has 0 atom stereocenters. The summed E-state index contributed by atoms with van der Waals surface area (Å²) in [4.78, 5) is 20.4. The number of nitrogens with zero attached hydrogens (tertiary/aromatic N) is 1. The van der Waals surface area contributed by atoms with Gasteiger partial charge in [0.15, 0.2) is 0 Å². The Labute approximate surface area is 209 Å². The molecule has 36 heavy (non-hydrogen) atoms. The molecule has 0 saturated carbocycles. The number of pyridine rings is 1. The van der Waals surface area contributed by atoms with E-state index in [0.29, 0.717) is 28.6 Å². The highest BCUT2D eigenvalue weighted by molar-refractivity contribution is 6.08. The summed E-state index contributed by atoms with van der Waals surface area (Å²) < 4.78 is 11.8. The number of methoxy groups -OCH3 is 1. The molecule has 3 N–H and O–H groups in total. The normalized spacial score (nSPS) is 11.4. The van der Waals surface area contributed by atoms with Gasteiger partial charge in [0.25, 0.3) is 0 Å². The van der Waals surface area contributed by atoms with Gasteiger partial charge in [0, 0.05) is 23.2 Å². The number of aromatic nitrogens is 2. The molecule has 0 spiro atoms. The van der Waals surface area contributed by atoms with Gasteiger partial charge in [-0.15, -0.1) is 0 Å². The minimum atomic E-state index is -0.360. The molecule has 2 heterocycles. The summed E-state index contributed by atoms with van der Waals surface area (Å²) in [6, 6.07) is 20.7. The molecule has 0 fully saturated rings. The molecule has 0 saturated heterocycles. The standard InChI is InChI=1S/C29H28N4O3/c1-29(2,3)18-9-11-26(35-4)23(17-18)33-28(34)32-22-10-12-24(20-8-6-5-7-19(20)22)36-25-14-16-31-27-21(25)13-15-30-27/h5-17H,1-4H3,(H,30,31)(H2,32,33,34). The van der Waals surface area contributed by atoms with Crippen LogP contribution in [-0.4, -0.2) is 23.1 Å². The maximum absolute atomic E-state index is 13.0. The predicted molar refractivity (Wildman–Crippen MR) is 144 cm³/mol. The van der Waals surface area contributed by atoms with E-state index in [0.717, 1.165) is 27.4 Å². The summed E-state index contributed by atoms with van der Waals surface area (Å²) in [7, 11) is 1.59. The Kier molecular flexibility index (Phi) is 5.98. The predicted octanol–water partition coefficient (Wildman–Crippen LogP) is 7.46. The van der Waals surface area contributed by atoms with Crippen LogP contribution in [0.1, 0.15) is 26.3 Å². The number of fused-ring (bicyclic) bond motifs is 2. The molecule has 0 radical (unpaired) electrons. The molecule has 0 aliphatic heterocycles. The first kappa shape index (κ1) is 23.2. The van der Waals surface area contributed by atoms with Crippen molar-refractivity contribution < 1.29 is 14.3 Å². The summed E-state index contributed by atoms with van der Waals surface area (Å²) in [5.74, 6) is 1.99. The van der Waals surface area contributed by atoms with Crippen LogP contribution in [0.3, 0.4) is 0 Å².